The lowest BCUT2D eigenvalue weighted by Crippen LogP contribution is -2.29. The van der Waals surface area contributed by atoms with Crippen LogP contribution >= 0.6 is 11.6 Å². The number of carbonyl (C=O) groups is 1. The van der Waals surface area contributed by atoms with Crippen LogP contribution in [0, 0.1) is 0 Å². The second-order valence-corrected chi connectivity index (χ2v) is 7.70. The number of carbonyl (C=O) groups excluding carboxylic acids is 1. The van der Waals surface area contributed by atoms with Crippen molar-refractivity contribution >= 4 is 28.9 Å². The van der Waals surface area contributed by atoms with Crippen LogP contribution in [0.2, 0.25) is 5.02 Å². The van der Waals surface area contributed by atoms with E-state index in [0.717, 1.165) is 24.3 Å². The molecule has 2 aromatic rings. The number of piperidine rings is 1. The molecule has 0 atom stereocenters. The second-order valence-electron chi connectivity index (χ2n) is 7.30. The lowest BCUT2D eigenvalue weighted by Gasteiger charge is -2.29. The molecule has 1 aliphatic rings. The number of aryl methyl sites for hydroxylation is 1. The van der Waals surface area contributed by atoms with Gasteiger partial charge in [-0.05, 0) is 61.6 Å². The van der Waals surface area contributed by atoms with Crippen molar-refractivity contribution in [3.05, 3.63) is 40.9 Å². The molecule has 3 rings (SSSR count). The van der Waals surface area contributed by atoms with Gasteiger partial charge in [-0.1, -0.05) is 11.6 Å². The molecule has 0 spiro atoms. The largest absolute Gasteiger partial charge is 0.493 e. The number of nitrogens with zero attached hydrogens (tertiary/aromatic N) is 1. The second kappa shape index (κ2) is 10.4. The predicted molar refractivity (Wildman–Crippen MR) is 121 cm³/mol. The molecule has 1 saturated heterocycles. The SMILES string of the molecule is COc1cc(CCC(=O)Nc2ccc(N3CCCCC3)c(Cl)c2)cc(OC)c1OC. The first kappa shape index (κ1) is 22.1. The summed E-state index contributed by atoms with van der Waals surface area (Å²) in [5.74, 6) is 1.61. The van der Waals surface area contributed by atoms with Crippen molar-refractivity contribution in [1.82, 2.24) is 0 Å². The minimum Gasteiger partial charge on any atom is -0.493 e. The standard InChI is InChI=1S/C23H29ClN2O4/c1-28-20-13-16(14-21(29-2)23(20)30-3)7-10-22(27)25-17-8-9-19(18(24)15-17)26-11-5-4-6-12-26/h8-9,13-15H,4-7,10-12H2,1-3H3,(H,25,27). The molecular formula is C23H29ClN2O4. The van der Waals surface area contributed by atoms with Gasteiger partial charge in [-0.15, -0.1) is 0 Å². The normalized spacial score (nSPS) is 13.7. The van der Waals surface area contributed by atoms with E-state index in [1.165, 1.54) is 19.3 Å². The zero-order chi connectivity index (χ0) is 21.5. The third-order valence-corrected chi connectivity index (χ3v) is 5.60. The van der Waals surface area contributed by atoms with Crippen molar-refractivity contribution < 1.29 is 19.0 Å². The highest BCUT2D eigenvalue weighted by Crippen LogP contribution is 2.38. The van der Waals surface area contributed by atoms with Gasteiger partial charge in [-0.2, -0.15) is 0 Å². The molecule has 30 heavy (non-hydrogen) atoms. The average molecular weight is 433 g/mol. The number of halogens is 1. The molecule has 7 heteroatoms. The first-order valence-electron chi connectivity index (χ1n) is 10.2. The number of nitrogens with one attached hydrogen (secondary N) is 1. The molecule has 0 aromatic heterocycles. The Labute approximate surface area is 183 Å². The smallest absolute Gasteiger partial charge is 0.224 e. The van der Waals surface area contributed by atoms with E-state index in [2.05, 4.69) is 10.2 Å². The van der Waals surface area contributed by atoms with Crippen molar-refractivity contribution in [2.24, 2.45) is 0 Å². The molecule has 0 unspecified atom stereocenters. The van der Waals surface area contributed by atoms with Gasteiger partial charge in [0.15, 0.2) is 11.5 Å². The minimum absolute atomic E-state index is 0.0782. The van der Waals surface area contributed by atoms with Gasteiger partial charge in [0.25, 0.3) is 0 Å². The van der Waals surface area contributed by atoms with E-state index in [1.807, 2.05) is 30.3 Å². The molecule has 6 nitrogen and oxygen atoms in total. The Balaban J connectivity index is 1.61. The van der Waals surface area contributed by atoms with E-state index in [0.29, 0.717) is 40.8 Å². The highest BCUT2D eigenvalue weighted by molar-refractivity contribution is 6.33. The molecular weight excluding hydrogens is 404 g/mol. The lowest BCUT2D eigenvalue weighted by molar-refractivity contribution is -0.116. The van der Waals surface area contributed by atoms with Crippen LogP contribution in [0.1, 0.15) is 31.2 Å². The molecule has 1 N–H and O–H groups in total. The fourth-order valence-electron chi connectivity index (χ4n) is 3.74. The number of hydrogen-bond donors (Lipinski definition) is 1. The fraction of sp³-hybridized carbons (Fsp3) is 0.435. The van der Waals surface area contributed by atoms with Gasteiger partial charge in [0, 0.05) is 25.2 Å². The maximum absolute atomic E-state index is 12.5. The molecule has 1 fully saturated rings. The maximum atomic E-state index is 12.5. The van der Waals surface area contributed by atoms with Crippen LogP contribution in [-0.2, 0) is 11.2 Å². The van der Waals surface area contributed by atoms with Gasteiger partial charge >= 0.3 is 0 Å². The van der Waals surface area contributed by atoms with Gasteiger partial charge in [-0.25, -0.2) is 0 Å². The van der Waals surface area contributed by atoms with E-state index >= 15 is 0 Å². The van der Waals surface area contributed by atoms with Gasteiger partial charge in [0.2, 0.25) is 11.7 Å². The van der Waals surface area contributed by atoms with E-state index in [-0.39, 0.29) is 5.91 Å². The Morgan fingerprint density at radius 1 is 1.00 bits per heavy atom. The van der Waals surface area contributed by atoms with Crippen molar-refractivity contribution in [2.75, 3.05) is 44.6 Å². The van der Waals surface area contributed by atoms with Crippen molar-refractivity contribution in [1.29, 1.82) is 0 Å². The molecule has 2 aromatic carbocycles. The molecule has 1 amide bonds. The van der Waals surface area contributed by atoms with E-state index in [4.69, 9.17) is 25.8 Å². The van der Waals surface area contributed by atoms with Gasteiger partial charge in [0.1, 0.15) is 0 Å². The van der Waals surface area contributed by atoms with Crippen LogP contribution in [0.5, 0.6) is 17.2 Å². The zero-order valence-electron chi connectivity index (χ0n) is 17.8. The van der Waals surface area contributed by atoms with Gasteiger partial charge in [0.05, 0.1) is 32.0 Å². The Morgan fingerprint density at radius 2 is 1.67 bits per heavy atom. The van der Waals surface area contributed by atoms with Crippen molar-refractivity contribution in [3.8, 4) is 17.2 Å². The summed E-state index contributed by atoms with van der Waals surface area (Å²) in [5, 5.41) is 3.60. The predicted octanol–water partition coefficient (Wildman–Crippen LogP) is 4.93. The zero-order valence-corrected chi connectivity index (χ0v) is 18.6. The van der Waals surface area contributed by atoms with Crippen LogP contribution in [0.15, 0.2) is 30.3 Å². The van der Waals surface area contributed by atoms with Crippen molar-refractivity contribution in [2.45, 2.75) is 32.1 Å². The molecule has 0 saturated carbocycles. The summed E-state index contributed by atoms with van der Waals surface area (Å²) in [6.07, 6.45) is 4.52. The third-order valence-electron chi connectivity index (χ3n) is 5.29. The Kier molecular flexibility index (Phi) is 7.69. The molecule has 0 bridgehead atoms. The van der Waals surface area contributed by atoms with Gasteiger partial charge in [-0.3, -0.25) is 4.79 Å². The van der Waals surface area contributed by atoms with Crippen LogP contribution in [0.4, 0.5) is 11.4 Å². The minimum atomic E-state index is -0.0782. The number of hydrogen-bond acceptors (Lipinski definition) is 5. The fourth-order valence-corrected chi connectivity index (χ4v) is 4.04. The van der Waals surface area contributed by atoms with E-state index in [9.17, 15) is 4.79 Å². The topological polar surface area (TPSA) is 60.0 Å². The Hall–Kier alpha value is -2.60. The highest BCUT2D eigenvalue weighted by Gasteiger charge is 2.16. The first-order valence-corrected chi connectivity index (χ1v) is 10.6. The summed E-state index contributed by atoms with van der Waals surface area (Å²) in [6.45, 7) is 2.06. The number of anilines is 2. The van der Waals surface area contributed by atoms with E-state index in [1.54, 1.807) is 21.3 Å². The summed E-state index contributed by atoms with van der Waals surface area (Å²) in [6, 6.07) is 9.44. The third kappa shape index (κ3) is 5.30. The molecule has 162 valence electrons. The average Bonchev–Trinajstić information content (AvgIpc) is 2.77. The lowest BCUT2D eigenvalue weighted by atomic mass is 10.1. The molecule has 0 radical (unpaired) electrons. The Morgan fingerprint density at radius 3 is 2.23 bits per heavy atom. The number of rotatable bonds is 8. The van der Waals surface area contributed by atoms with Crippen molar-refractivity contribution in [3.63, 3.8) is 0 Å². The van der Waals surface area contributed by atoms with E-state index < -0.39 is 0 Å². The molecule has 0 aliphatic carbocycles. The quantitative estimate of drug-likeness (QED) is 0.641. The summed E-state index contributed by atoms with van der Waals surface area (Å²) < 4.78 is 16.1. The monoisotopic (exact) mass is 432 g/mol. The number of ether oxygens (including phenoxy) is 3. The summed E-state index contributed by atoms with van der Waals surface area (Å²) >= 11 is 6.48. The highest BCUT2D eigenvalue weighted by atomic mass is 35.5. The molecule has 1 heterocycles. The maximum Gasteiger partial charge on any atom is 0.224 e. The summed E-state index contributed by atoms with van der Waals surface area (Å²) in [4.78, 5) is 14.8. The first-order chi connectivity index (χ1) is 14.5. The Bertz CT molecular complexity index is 856. The van der Waals surface area contributed by atoms with Crippen LogP contribution in [0.25, 0.3) is 0 Å². The number of methoxy groups -OCH3 is 3. The molecule has 1 aliphatic heterocycles. The van der Waals surface area contributed by atoms with Crippen LogP contribution < -0.4 is 24.4 Å². The summed E-state index contributed by atoms with van der Waals surface area (Å²) in [5.41, 5.74) is 2.67. The number of benzene rings is 2. The number of amides is 1. The van der Waals surface area contributed by atoms with Crippen LogP contribution in [-0.4, -0.2) is 40.3 Å². The van der Waals surface area contributed by atoms with Crippen LogP contribution in [0.3, 0.4) is 0 Å². The summed E-state index contributed by atoms with van der Waals surface area (Å²) in [7, 11) is 4.71. The van der Waals surface area contributed by atoms with Gasteiger partial charge < -0.3 is 24.4 Å².